The number of hydrogen-bond acceptors (Lipinski definition) is 4. The lowest BCUT2D eigenvalue weighted by molar-refractivity contribution is -0.165. The third kappa shape index (κ3) is 1.37. The topological polar surface area (TPSA) is 69.9 Å². The zero-order chi connectivity index (χ0) is 8.65. The van der Waals surface area contributed by atoms with E-state index in [-0.39, 0.29) is 0 Å². The summed E-state index contributed by atoms with van der Waals surface area (Å²) in [6.07, 6.45) is -3.96. The first kappa shape index (κ1) is 8.86. The van der Waals surface area contributed by atoms with Crippen molar-refractivity contribution in [2.75, 3.05) is 6.61 Å². The molecule has 1 unspecified atom stereocenters. The summed E-state index contributed by atoms with van der Waals surface area (Å²) >= 11 is 0. The molecule has 0 spiro atoms. The van der Waals surface area contributed by atoms with E-state index in [0.717, 1.165) is 6.92 Å². The van der Waals surface area contributed by atoms with Gasteiger partial charge in [0, 0.05) is 0 Å². The molecule has 0 aliphatic carbocycles. The van der Waals surface area contributed by atoms with Gasteiger partial charge in [-0.15, -0.1) is 0 Å². The molecule has 1 fully saturated rings. The van der Waals surface area contributed by atoms with Gasteiger partial charge in [-0.2, -0.15) is 0 Å². The molecule has 1 saturated heterocycles. The van der Waals surface area contributed by atoms with Gasteiger partial charge in [-0.05, 0) is 6.92 Å². The first-order valence-corrected chi connectivity index (χ1v) is 3.33. The first-order valence-electron chi connectivity index (χ1n) is 3.33. The van der Waals surface area contributed by atoms with E-state index in [1.807, 2.05) is 0 Å². The fourth-order valence-corrected chi connectivity index (χ4v) is 1.09. The monoisotopic (exact) mass is 166 g/mol. The molecule has 0 saturated carbocycles. The molecule has 5 heteroatoms. The highest BCUT2D eigenvalue weighted by molar-refractivity contribution is 4.92. The molecule has 4 atom stereocenters. The van der Waals surface area contributed by atoms with Gasteiger partial charge in [0.25, 0.3) is 0 Å². The number of rotatable bonds is 1. The molecule has 0 aromatic carbocycles. The second-order valence-corrected chi connectivity index (χ2v) is 2.76. The fraction of sp³-hybridized carbons (Fsp3) is 1.00. The highest BCUT2D eigenvalue weighted by atomic mass is 19.2. The Balaban J connectivity index is 2.69. The molecule has 1 aliphatic heterocycles. The van der Waals surface area contributed by atoms with Crippen molar-refractivity contribution in [3.8, 4) is 0 Å². The average molecular weight is 166 g/mol. The Bertz CT molecular complexity index is 150. The van der Waals surface area contributed by atoms with Gasteiger partial charge in [-0.1, -0.05) is 0 Å². The van der Waals surface area contributed by atoms with Crippen molar-refractivity contribution >= 4 is 0 Å². The van der Waals surface area contributed by atoms with Crippen LogP contribution in [0.4, 0.5) is 4.39 Å². The Morgan fingerprint density at radius 3 is 2.27 bits per heavy atom. The van der Waals surface area contributed by atoms with Gasteiger partial charge in [-0.3, -0.25) is 0 Å². The summed E-state index contributed by atoms with van der Waals surface area (Å²) in [6, 6.07) is 0. The smallest absolute Gasteiger partial charge is 0.235 e. The number of aliphatic hydroxyl groups is 3. The van der Waals surface area contributed by atoms with Crippen LogP contribution in [-0.2, 0) is 4.74 Å². The van der Waals surface area contributed by atoms with Crippen LogP contribution in [-0.4, -0.2) is 46.1 Å². The minimum atomic E-state index is -2.26. The standard InChI is InChI=1S/C6H11FO4/c1-6(7)5(10)4(9)3(2-8)11-6/h3-5,8-10H,2H2,1H3/t3-,4?,5+,6+/m1/s1. The minimum Gasteiger partial charge on any atom is -0.394 e. The van der Waals surface area contributed by atoms with Gasteiger partial charge < -0.3 is 20.1 Å². The highest BCUT2D eigenvalue weighted by Crippen LogP contribution is 2.31. The Morgan fingerprint density at radius 2 is 2.09 bits per heavy atom. The van der Waals surface area contributed by atoms with Gasteiger partial charge in [0.05, 0.1) is 6.61 Å². The molecule has 3 N–H and O–H groups in total. The Kier molecular flexibility index (Phi) is 2.15. The van der Waals surface area contributed by atoms with Crippen LogP contribution in [0.5, 0.6) is 0 Å². The van der Waals surface area contributed by atoms with Crippen LogP contribution in [0, 0.1) is 0 Å². The van der Waals surface area contributed by atoms with Crippen molar-refractivity contribution in [3.63, 3.8) is 0 Å². The normalized spacial score (nSPS) is 51.5. The molecule has 0 aromatic heterocycles. The van der Waals surface area contributed by atoms with E-state index in [9.17, 15) is 4.39 Å². The van der Waals surface area contributed by atoms with E-state index >= 15 is 0 Å². The maximum atomic E-state index is 12.9. The van der Waals surface area contributed by atoms with Crippen molar-refractivity contribution in [3.05, 3.63) is 0 Å². The third-order valence-corrected chi connectivity index (χ3v) is 1.79. The Labute approximate surface area is 63.2 Å². The SMILES string of the molecule is C[C@]1(F)O[C@H](CO)C(O)[C@@H]1O. The van der Waals surface area contributed by atoms with E-state index in [1.54, 1.807) is 0 Å². The molecule has 0 bridgehead atoms. The molecule has 11 heavy (non-hydrogen) atoms. The quantitative estimate of drug-likeness (QED) is 0.457. The predicted molar refractivity (Wildman–Crippen MR) is 33.5 cm³/mol. The number of hydrogen-bond donors (Lipinski definition) is 3. The Morgan fingerprint density at radius 1 is 1.55 bits per heavy atom. The van der Waals surface area contributed by atoms with Crippen molar-refractivity contribution in [2.24, 2.45) is 0 Å². The molecule has 0 amide bonds. The van der Waals surface area contributed by atoms with Gasteiger partial charge in [0.1, 0.15) is 18.3 Å². The lowest BCUT2D eigenvalue weighted by Gasteiger charge is -2.16. The van der Waals surface area contributed by atoms with E-state index in [0.29, 0.717) is 0 Å². The van der Waals surface area contributed by atoms with Crippen molar-refractivity contribution in [2.45, 2.75) is 31.1 Å². The molecule has 1 aliphatic rings. The van der Waals surface area contributed by atoms with Crippen molar-refractivity contribution in [1.82, 2.24) is 0 Å². The summed E-state index contributed by atoms with van der Waals surface area (Å²) in [7, 11) is 0. The van der Waals surface area contributed by atoms with Gasteiger partial charge in [0.2, 0.25) is 5.85 Å². The molecule has 0 radical (unpaired) electrons. The van der Waals surface area contributed by atoms with Crippen molar-refractivity contribution < 1.29 is 24.4 Å². The second-order valence-electron chi connectivity index (χ2n) is 2.76. The van der Waals surface area contributed by atoms with Gasteiger partial charge in [-0.25, -0.2) is 4.39 Å². The third-order valence-electron chi connectivity index (χ3n) is 1.79. The van der Waals surface area contributed by atoms with Crippen LogP contribution in [0.15, 0.2) is 0 Å². The fourth-order valence-electron chi connectivity index (χ4n) is 1.09. The van der Waals surface area contributed by atoms with Crippen LogP contribution in [0.3, 0.4) is 0 Å². The van der Waals surface area contributed by atoms with Gasteiger partial charge >= 0.3 is 0 Å². The molecule has 1 heterocycles. The molecule has 0 aromatic rings. The van der Waals surface area contributed by atoms with Crippen LogP contribution in [0.25, 0.3) is 0 Å². The zero-order valence-electron chi connectivity index (χ0n) is 6.07. The van der Waals surface area contributed by atoms with E-state index < -0.39 is 30.8 Å². The predicted octanol–water partition coefficient (Wildman–Crippen LogP) is -1.22. The summed E-state index contributed by atoms with van der Waals surface area (Å²) in [5, 5.41) is 26.5. The van der Waals surface area contributed by atoms with Gasteiger partial charge in [0.15, 0.2) is 0 Å². The summed E-state index contributed by atoms with van der Waals surface area (Å²) < 4.78 is 17.5. The van der Waals surface area contributed by atoms with Crippen LogP contribution in [0.2, 0.25) is 0 Å². The van der Waals surface area contributed by atoms with E-state index in [1.165, 1.54) is 0 Å². The number of aliphatic hydroxyl groups excluding tert-OH is 3. The van der Waals surface area contributed by atoms with E-state index in [4.69, 9.17) is 15.3 Å². The molecule has 66 valence electrons. The van der Waals surface area contributed by atoms with Crippen molar-refractivity contribution in [1.29, 1.82) is 0 Å². The van der Waals surface area contributed by atoms with Crippen LogP contribution in [0.1, 0.15) is 6.92 Å². The first-order chi connectivity index (χ1) is 4.99. The maximum Gasteiger partial charge on any atom is 0.235 e. The average Bonchev–Trinajstić information content (AvgIpc) is 2.13. The lowest BCUT2D eigenvalue weighted by atomic mass is 10.1. The maximum absolute atomic E-state index is 12.9. The lowest BCUT2D eigenvalue weighted by Crippen LogP contribution is -2.37. The number of ether oxygens (including phenoxy) is 1. The molecule has 1 rings (SSSR count). The minimum absolute atomic E-state index is 0.502. The number of halogens is 1. The molecule has 4 nitrogen and oxygen atoms in total. The number of alkyl halides is 1. The molecular weight excluding hydrogens is 155 g/mol. The zero-order valence-corrected chi connectivity index (χ0v) is 6.07. The highest BCUT2D eigenvalue weighted by Gasteiger charge is 2.51. The summed E-state index contributed by atoms with van der Waals surface area (Å²) in [6.45, 7) is 0.508. The van der Waals surface area contributed by atoms with E-state index in [2.05, 4.69) is 4.74 Å². The largest absolute Gasteiger partial charge is 0.394 e. The summed E-state index contributed by atoms with van der Waals surface area (Å²) in [5.41, 5.74) is 0. The van der Waals surface area contributed by atoms with Crippen LogP contribution < -0.4 is 0 Å². The summed E-state index contributed by atoms with van der Waals surface area (Å²) in [4.78, 5) is 0. The second kappa shape index (κ2) is 2.67. The Hall–Kier alpha value is -0.230. The summed E-state index contributed by atoms with van der Waals surface area (Å²) in [5.74, 6) is -2.26. The molecular formula is C6H11FO4. The van der Waals surface area contributed by atoms with Crippen LogP contribution >= 0.6 is 0 Å².